The normalized spacial score (nSPS) is 10.1. The summed E-state index contributed by atoms with van der Waals surface area (Å²) < 4.78 is 0. The molecule has 2 heterocycles. The van der Waals surface area contributed by atoms with Crippen LogP contribution in [0.25, 0.3) is 0 Å². The van der Waals surface area contributed by atoms with E-state index < -0.39 is 0 Å². The van der Waals surface area contributed by atoms with Gasteiger partial charge in [0, 0.05) is 24.5 Å². The van der Waals surface area contributed by atoms with Gasteiger partial charge in [-0.1, -0.05) is 6.07 Å². The molecule has 92 valence electrons. The van der Waals surface area contributed by atoms with E-state index >= 15 is 0 Å². The highest BCUT2D eigenvalue weighted by Crippen LogP contribution is 2.06. The fourth-order valence-electron chi connectivity index (χ4n) is 1.60. The van der Waals surface area contributed by atoms with Gasteiger partial charge < -0.3 is 5.32 Å². The fourth-order valence-corrected chi connectivity index (χ4v) is 1.60. The molecule has 0 saturated carbocycles. The summed E-state index contributed by atoms with van der Waals surface area (Å²) in [4.78, 5) is 20.0. The van der Waals surface area contributed by atoms with Gasteiger partial charge in [0.25, 0.3) is 0 Å². The first-order chi connectivity index (χ1) is 8.74. The van der Waals surface area contributed by atoms with Gasteiger partial charge in [0.05, 0.1) is 0 Å². The van der Waals surface area contributed by atoms with Crippen LogP contribution in [-0.2, 0) is 11.2 Å². The van der Waals surface area contributed by atoms with E-state index in [1.807, 2.05) is 37.3 Å². The zero-order valence-electron chi connectivity index (χ0n) is 10.3. The number of nitrogens with zero attached hydrogens (tertiary/aromatic N) is 2. The van der Waals surface area contributed by atoms with Crippen molar-refractivity contribution in [1.82, 2.24) is 9.97 Å². The maximum absolute atomic E-state index is 11.7. The van der Waals surface area contributed by atoms with Crippen LogP contribution in [0, 0.1) is 6.92 Å². The average molecular weight is 241 g/mol. The van der Waals surface area contributed by atoms with Crippen LogP contribution in [0.5, 0.6) is 0 Å². The molecule has 0 bridgehead atoms. The molecule has 0 aliphatic rings. The highest BCUT2D eigenvalue weighted by molar-refractivity contribution is 5.89. The maximum atomic E-state index is 11.7. The lowest BCUT2D eigenvalue weighted by molar-refractivity contribution is -0.116. The van der Waals surface area contributed by atoms with Crippen LogP contribution < -0.4 is 5.32 Å². The van der Waals surface area contributed by atoms with Gasteiger partial charge >= 0.3 is 0 Å². The minimum Gasteiger partial charge on any atom is -0.311 e. The molecule has 4 nitrogen and oxygen atoms in total. The molecule has 0 aliphatic carbocycles. The van der Waals surface area contributed by atoms with E-state index in [4.69, 9.17) is 0 Å². The zero-order chi connectivity index (χ0) is 12.8. The summed E-state index contributed by atoms with van der Waals surface area (Å²) in [6.07, 6.45) is 4.46. The third-order valence-corrected chi connectivity index (χ3v) is 2.52. The molecule has 0 aliphatic heterocycles. The predicted octanol–water partition coefficient (Wildman–Crippen LogP) is 2.36. The molecule has 0 atom stereocenters. The van der Waals surface area contributed by atoms with Crippen LogP contribution in [-0.4, -0.2) is 15.9 Å². The number of hydrogen-bond acceptors (Lipinski definition) is 3. The number of amides is 1. The van der Waals surface area contributed by atoms with Crippen LogP contribution in [0.1, 0.15) is 17.7 Å². The monoisotopic (exact) mass is 241 g/mol. The van der Waals surface area contributed by atoms with E-state index in [1.54, 1.807) is 12.4 Å². The summed E-state index contributed by atoms with van der Waals surface area (Å²) >= 11 is 0. The van der Waals surface area contributed by atoms with Gasteiger partial charge in [0.15, 0.2) is 0 Å². The number of aromatic nitrogens is 2. The highest BCUT2D eigenvalue weighted by Gasteiger charge is 2.04. The Morgan fingerprint density at radius 2 is 2.11 bits per heavy atom. The molecule has 0 fully saturated rings. The number of nitrogens with one attached hydrogen (secondary N) is 1. The minimum absolute atomic E-state index is 0.0428. The second-order valence-corrected chi connectivity index (χ2v) is 4.09. The van der Waals surface area contributed by atoms with Gasteiger partial charge in [0.1, 0.15) is 5.82 Å². The van der Waals surface area contributed by atoms with Crippen molar-refractivity contribution < 1.29 is 4.79 Å². The van der Waals surface area contributed by atoms with Crippen molar-refractivity contribution in [3.05, 3.63) is 54.0 Å². The van der Waals surface area contributed by atoms with Gasteiger partial charge in [-0.25, -0.2) is 4.98 Å². The van der Waals surface area contributed by atoms with Crippen LogP contribution in [0.15, 0.2) is 42.7 Å². The Morgan fingerprint density at radius 3 is 2.83 bits per heavy atom. The number of hydrogen-bond donors (Lipinski definition) is 1. The Morgan fingerprint density at radius 1 is 1.22 bits per heavy atom. The van der Waals surface area contributed by atoms with E-state index in [0.717, 1.165) is 11.3 Å². The summed E-state index contributed by atoms with van der Waals surface area (Å²) in [5.41, 5.74) is 2.00. The first-order valence-electron chi connectivity index (χ1n) is 5.86. The number of carbonyl (C=O) groups is 1. The molecule has 1 amide bonds. The first kappa shape index (κ1) is 12.2. The average Bonchev–Trinajstić information content (AvgIpc) is 2.38. The zero-order valence-corrected chi connectivity index (χ0v) is 10.3. The van der Waals surface area contributed by atoms with Crippen LogP contribution >= 0.6 is 0 Å². The number of rotatable bonds is 4. The van der Waals surface area contributed by atoms with Crippen LogP contribution in [0.4, 0.5) is 5.82 Å². The largest absolute Gasteiger partial charge is 0.311 e. The Kier molecular flexibility index (Phi) is 4.02. The van der Waals surface area contributed by atoms with Gasteiger partial charge in [-0.3, -0.25) is 9.78 Å². The van der Waals surface area contributed by atoms with E-state index in [2.05, 4.69) is 15.3 Å². The number of pyridine rings is 2. The van der Waals surface area contributed by atoms with Crippen molar-refractivity contribution in [2.45, 2.75) is 19.8 Å². The van der Waals surface area contributed by atoms with Crippen molar-refractivity contribution in [1.29, 1.82) is 0 Å². The lowest BCUT2D eigenvalue weighted by atomic mass is 10.2. The second-order valence-electron chi connectivity index (χ2n) is 4.09. The summed E-state index contributed by atoms with van der Waals surface area (Å²) in [6, 6.07) is 9.43. The number of anilines is 1. The fraction of sp³-hybridized carbons (Fsp3) is 0.214. The molecule has 2 rings (SSSR count). The quantitative estimate of drug-likeness (QED) is 0.894. The van der Waals surface area contributed by atoms with Crippen LogP contribution in [0.3, 0.4) is 0 Å². The smallest absolute Gasteiger partial charge is 0.225 e. The van der Waals surface area contributed by atoms with Crippen LogP contribution in [0.2, 0.25) is 0 Å². The van der Waals surface area contributed by atoms with Crippen molar-refractivity contribution in [2.75, 3.05) is 5.32 Å². The first-order valence-corrected chi connectivity index (χ1v) is 5.86. The van der Waals surface area contributed by atoms with Crippen molar-refractivity contribution in [3.63, 3.8) is 0 Å². The molecule has 2 aromatic heterocycles. The molecule has 2 aromatic rings. The molecule has 0 unspecified atom stereocenters. The standard InChI is InChI=1S/C14H15N3O/c1-11-7-9-16-13(10-11)17-14(18)6-5-12-4-2-3-8-15-12/h2-4,7-10H,5-6H2,1H3,(H,16,17,18). The van der Waals surface area contributed by atoms with Crippen molar-refractivity contribution >= 4 is 11.7 Å². The third kappa shape index (κ3) is 3.66. The van der Waals surface area contributed by atoms with Gasteiger partial charge in [-0.2, -0.15) is 0 Å². The summed E-state index contributed by atoms with van der Waals surface area (Å²) in [6.45, 7) is 1.96. The van der Waals surface area contributed by atoms with E-state index in [1.165, 1.54) is 0 Å². The van der Waals surface area contributed by atoms with Gasteiger partial charge in [0.2, 0.25) is 5.91 Å². The van der Waals surface area contributed by atoms with Gasteiger partial charge in [-0.15, -0.1) is 0 Å². The number of aryl methyl sites for hydroxylation is 2. The third-order valence-electron chi connectivity index (χ3n) is 2.52. The lowest BCUT2D eigenvalue weighted by Crippen LogP contribution is -2.13. The van der Waals surface area contributed by atoms with Crippen molar-refractivity contribution in [2.24, 2.45) is 0 Å². The van der Waals surface area contributed by atoms with Gasteiger partial charge in [-0.05, 0) is 43.2 Å². The molecule has 0 saturated heterocycles. The molecule has 1 N–H and O–H groups in total. The Hall–Kier alpha value is -2.23. The Balaban J connectivity index is 1.86. The topological polar surface area (TPSA) is 54.9 Å². The Labute approximate surface area is 106 Å². The molecular formula is C14H15N3O. The molecule has 0 aromatic carbocycles. The van der Waals surface area contributed by atoms with E-state index in [0.29, 0.717) is 18.7 Å². The molecule has 4 heteroatoms. The lowest BCUT2D eigenvalue weighted by Gasteiger charge is -2.04. The molecule has 0 spiro atoms. The molecular weight excluding hydrogens is 226 g/mol. The number of carbonyl (C=O) groups excluding carboxylic acids is 1. The summed E-state index contributed by atoms with van der Waals surface area (Å²) in [7, 11) is 0. The highest BCUT2D eigenvalue weighted by atomic mass is 16.1. The van der Waals surface area contributed by atoms with Crippen molar-refractivity contribution in [3.8, 4) is 0 Å². The predicted molar refractivity (Wildman–Crippen MR) is 70.2 cm³/mol. The van der Waals surface area contributed by atoms with E-state index in [-0.39, 0.29) is 5.91 Å². The Bertz CT molecular complexity index is 526. The maximum Gasteiger partial charge on any atom is 0.225 e. The SMILES string of the molecule is Cc1ccnc(NC(=O)CCc2ccccn2)c1. The summed E-state index contributed by atoms with van der Waals surface area (Å²) in [5.74, 6) is 0.555. The van der Waals surface area contributed by atoms with E-state index in [9.17, 15) is 4.79 Å². The summed E-state index contributed by atoms with van der Waals surface area (Å²) in [5, 5.41) is 2.78. The second kappa shape index (κ2) is 5.91. The minimum atomic E-state index is -0.0428. The molecule has 18 heavy (non-hydrogen) atoms. The molecule has 0 radical (unpaired) electrons.